The number of hydrogen-bond donors (Lipinski definition) is 0. The lowest BCUT2D eigenvalue weighted by molar-refractivity contribution is -0.142. The smallest absolute Gasteiger partial charge is 0.331 e. The molecule has 1 aromatic heterocycles. The zero-order valence-electron chi connectivity index (χ0n) is 12.9. The lowest BCUT2D eigenvalue weighted by Gasteiger charge is -2.21. The van der Waals surface area contributed by atoms with Gasteiger partial charge >= 0.3 is 5.97 Å². The summed E-state index contributed by atoms with van der Waals surface area (Å²) in [6.45, 7) is -0.166. The molecule has 2 rings (SSSR count). The van der Waals surface area contributed by atoms with Gasteiger partial charge in [-0.15, -0.1) is 0 Å². The van der Waals surface area contributed by atoms with E-state index in [9.17, 15) is 9.59 Å². The molecule has 0 aliphatic heterocycles. The number of carbonyl (C=O) groups excluding carboxylic acids is 2. The maximum atomic E-state index is 12.3. The van der Waals surface area contributed by atoms with Gasteiger partial charge in [0.1, 0.15) is 5.76 Å². The van der Waals surface area contributed by atoms with E-state index in [1.807, 2.05) is 12.1 Å². The summed E-state index contributed by atoms with van der Waals surface area (Å²) in [7, 11) is 0. The number of furan rings is 1. The van der Waals surface area contributed by atoms with Gasteiger partial charge in [0.25, 0.3) is 5.91 Å². The van der Waals surface area contributed by atoms with Crippen LogP contribution in [0.15, 0.2) is 59.2 Å². The van der Waals surface area contributed by atoms with Crippen LogP contribution >= 0.6 is 0 Å². The maximum absolute atomic E-state index is 12.3. The minimum atomic E-state index is -0.645. The van der Waals surface area contributed by atoms with Gasteiger partial charge in [0.2, 0.25) is 0 Å². The number of nitrogens with zero attached hydrogens (tertiary/aromatic N) is 2. The van der Waals surface area contributed by atoms with Gasteiger partial charge in [0.15, 0.2) is 6.61 Å². The van der Waals surface area contributed by atoms with Gasteiger partial charge in [-0.3, -0.25) is 4.79 Å². The average Bonchev–Trinajstić information content (AvgIpc) is 3.13. The summed E-state index contributed by atoms with van der Waals surface area (Å²) in [5.41, 5.74) is 0.653. The monoisotopic (exact) mass is 324 g/mol. The van der Waals surface area contributed by atoms with Crippen molar-refractivity contribution in [1.82, 2.24) is 0 Å². The molecule has 0 saturated heterocycles. The van der Waals surface area contributed by atoms with Crippen LogP contribution < -0.4 is 4.90 Å². The van der Waals surface area contributed by atoms with E-state index in [-0.39, 0.29) is 13.0 Å². The summed E-state index contributed by atoms with van der Waals surface area (Å²) in [5, 5.41) is 8.73. The largest absolute Gasteiger partial charge is 0.465 e. The van der Waals surface area contributed by atoms with Crippen molar-refractivity contribution < 1.29 is 18.7 Å². The van der Waals surface area contributed by atoms with E-state index in [0.29, 0.717) is 11.4 Å². The molecule has 0 aliphatic carbocycles. The molecular weight excluding hydrogens is 308 g/mol. The van der Waals surface area contributed by atoms with Crippen LogP contribution in [0.3, 0.4) is 0 Å². The van der Waals surface area contributed by atoms with Gasteiger partial charge in [-0.2, -0.15) is 5.26 Å². The van der Waals surface area contributed by atoms with Crippen LogP contribution in [-0.4, -0.2) is 25.0 Å². The molecule has 6 nitrogen and oxygen atoms in total. The van der Waals surface area contributed by atoms with Crippen molar-refractivity contribution in [2.75, 3.05) is 18.1 Å². The number of rotatable bonds is 7. The summed E-state index contributed by atoms with van der Waals surface area (Å²) in [6, 6.07) is 14.3. The third-order valence-electron chi connectivity index (χ3n) is 3.08. The van der Waals surface area contributed by atoms with E-state index in [2.05, 4.69) is 0 Å². The second-order valence-corrected chi connectivity index (χ2v) is 4.75. The third-order valence-corrected chi connectivity index (χ3v) is 3.08. The van der Waals surface area contributed by atoms with Crippen LogP contribution in [-0.2, 0) is 14.3 Å². The van der Waals surface area contributed by atoms with Crippen molar-refractivity contribution in [3.8, 4) is 6.07 Å². The number of esters is 1. The standard InChI is InChI=1S/C18H16N2O4/c19-11-5-12-20(15-6-2-1-3-7-15)17(21)14-24-18(22)10-9-16-8-4-13-23-16/h1-4,6-10,13H,5,12,14H2. The van der Waals surface area contributed by atoms with E-state index >= 15 is 0 Å². The lowest BCUT2D eigenvalue weighted by Crippen LogP contribution is -2.35. The molecule has 0 spiro atoms. The molecule has 0 bridgehead atoms. The van der Waals surface area contributed by atoms with Crippen molar-refractivity contribution in [3.63, 3.8) is 0 Å². The molecule has 24 heavy (non-hydrogen) atoms. The predicted octanol–water partition coefficient (Wildman–Crippen LogP) is 2.78. The van der Waals surface area contributed by atoms with Gasteiger partial charge in [-0.1, -0.05) is 18.2 Å². The molecule has 0 radical (unpaired) electrons. The van der Waals surface area contributed by atoms with Crippen LogP contribution in [0.25, 0.3) is 6.08 Å². The highest BCUT2D eigenvalue weighted by molar-refractivity contribution is 5.96. The van der Waals surface area contributed by atoms with E-state index in [1.54, 1.807) is 36.4 Å². The molecule has 1 heterocycles. The number of carbonyl (C=O) groups is 2. The Morgan fingerprint density at radius 3 is 2.67 bits per heavy atom. The van der Waals surface area contributed by atoms with E-state index in [1.165, 1.54) is 23.3 Å². The Morgan fingerprint density at radius 1 is 1.21 bits per heavy atom. The quantitative estimate of drug-likeness (QED) is 0.577. The molecule has 122 valence electrons. The summed E-state index contributed by atoms with van der Waals surface area (Å²) in [5.74, 6) is -0.526. The summed E-state index contributed by atoms with van der Waals surface area (Å²) >= 11 is 0. The first-order chi connectivity index (χ1) is 11.7. The van der Waals surface area contributed by atoms with Crippen molar-refractivity contribution >= 4 is 23.6 Å². The Morgan fingerprint density at radius 2 is 2.00 bits per heavy atom. The first kappa shape index (κ1) is 17.0. The highest BCUT2D eigenvalue weighted by atomic mass is 16.5. The van der Waals surface area contributed by atoms with Gasteiger partial charge in [-0.25, -0.2) is 4.79 Å². The van der Waals surface area contributed by atoms with Crippen molar-refractivity contribution in [1.29, 1.82) is 5.26 Å². The molecule has 6 heteroatoms. The molecule has 1 aromatic carbocycles. The van der Waals surface area contributed by atoms with Gasteiger partial charge < -0.3 is 14.1 Å². The molecule has 0 fully saturated rings. The minimum absolute atomic E-state index is 0.187. The highest BCUT2D eigenvalue weighted by Crippen LogP contribution is 2.14. The van der Waals surface area contributed by atoms with Crippen LogP contribution in [0.1, 0.15) is 12.2 Å². The minimum Gasteiger partial charge on any atom is -0.465 e. The number of nitriles is 1. The SMILES string of the molecule is N#CCCN(C(=O)COC(=O)C=Cc1ccco1)c1ccccc1. The number of ether oxygens (including phenoxy) is 1. The third kappa shape index (κ3) is 5.14. The predicted molar refractivity (Wildman–Crippen MR) is 87.7 cm³/mol. The Hall–Kier alpha value is -3.33. The van der Waals surface area contributed by atoms with Crippen molar-refractivity contribution in [3.05, 3.63) is 60.6 Å². The van der Waals surface area contributed by atoms with Crippen LogP contribution in [0, 0.1) is 11.3 Å². The molecule has 0 N–H and O–H groups in total. The molecule has 0 saturated carbocycles. The van der Waals surface area contributed by atoms with Crippen molar-refractivity contribution in [2.45, 2.75) is 6.42 Å². The summed E-state index contributed by atoms with van der Waals surface area (Å²) in [6.07, 6.45) is 4.32. The Bertz CT molecular complexity index is 730. The normalized spacial score (nSPS) is 10.3. The fraction of sp³-hybridized carbons (Fsp3) is 0.167. The Labute approximate surface area is 139 Å². The molecule has 1 amide bonds. The maximum Gasteiger partial charge on any atom is 0.331 e. The van der Waals surface area contributed by atoms with Crippen LogP contribution in [0.5, 0.6) is 0 Å². The van der Waals surface area contributed by atoms with E-state index in [0.717, 1.165) is 0 Å². The number of para-hydroxylation sites is 1. The molecule has 0 aliphatic rings. The second kappa shape index (κ2) is 8.96. The van der Waals surface area contributed by atoms with Gasteiger partial charge in [0, 0.05) is 18.3 Å². The fourth-order valence-electron chi connectivity index (χ4n) is 1.96. The second-order valence-electron chi connectivity index (χ2n) is 4.75. The summed E-state index contributed by atoms with van der Waals surface area (Å²) < 4.78 is 9.99. The Balaban J connectivity index is 1.92. The van der Waals surface area contributed by atoms with Crippen LogP contribution in [0.4, 0.5) is 5.69 Å². The fourth-order valence-corrected chi connectivity index (χ4v) is 1.96. The van der Waals surface area contributed by atoms with Crippen molar-refractivity contribution in [2.24, 2.45) is 0 Å². The average molecular weight is 324 g/mol. The van der Waals surface area contributed by atoms with Crippen LogP contribution in [0.2, 0.25) is 0 Å². The molecular formula is C18H16N2O4. The first-order valence-electron chi connectivity index (χ1n) is 7.31. The summed E-state index contributed by atoms with van der Waals surface area (Å²) in [4.78, 5) is 25.3. The zero-order chi connectivity index (χ0) is 17.2. The zero-order valence-corrected chi connectivity index (χ0v) is 12.9. The number of benzene rings is 1. The molecule has 2 aromatic rings. The molecule has 0 atom stereocenters. The van der Waals surface area contributed by atoms with Gasteiger partial charge in [-0.05, 0) is 30.3 Å². The first-order valence-corrected chi connectivity index (χ1v) is 7.31. The number of hydrogen-bond acceptors (Lipinski definition) is 5. The topological polar surface area (TPSA) is 83.5 Å². The van der Waals surface area contributed by atoms with E-state index in [4.69, 9.17) is 14.4 Å². The van der Waals surface area contributed by atoms with E-state index < -0.39 is 18.5 Å². The highest BCUT2D eigenvalue weighted by Gasteiger charge is 2.16. The number of anilines is 1. The lowest BCUT2D eigenvalue weighted by atomic mass is 10.2. The number of amides is 1. The molecule has 0 unspecified atom stereocenters. The van der Waals surface area contributed by atoms with Gasteiger partial charge in [0.05, 0.1) is 18.8 Å². The Kier molecular flexibility index (Phi) is 6.35.